The number of rotatable bonds is 2. The van der Waals surface area contributed by atoms with Crippen molar-refractivity contribution in [1.82, 2.24) is 14.8 Å². The highest BCUT2D eigenvalue weighted by molar-refractivity contribution is 6.30. The molecule has 5 rings (SSSR count). The van der Waals surface area contributed by atoms with Gasteiger partial charge in [0.15, 0.2) is 5.78 Å². The molecule has 0 fully saturated rings. The van der Waals surface area contributed by atoms with E-state index in [-0.39, 0.29) is 17.6 Å². The van der Waals surface area contributed by atoms with Crippen LogP contribution in [0.2, 0.25) is 5.02 Å². The number of allylic oxidation sites excluding steroid dienone is 2. The average molecular weight is 382 g/mol. The minimum absolute atomic E-state index is 0.00872. The first-order chi connectivity index (χ1) is 13.1. The third kappa shape index (κ3) is 2.62. The Morgan fingerprint density at radius 2 is 2.15 bits per heavy atom. The second-order valence-electron chi connectivity index (χ2n) is 6.76. The number of ketones is 1. The molecule has 136 valence electrons. The lowest BCUT2D eigenvalue weighted by molar-refractivity contribution is -0.117. The maximum atomic E-state index is 13.2. The summed E-state index contributed by atoms with van der Waals surface area (Å²) in [6, 6.07) is 10.8. The molecule has 0 saturated carbocycles. The van der Waals surface area contributed by atoms with Crippen LogP contribution >= 0.6 is 11.6 Å². The van der Waals surface area contributed by atoms with Crippen LogP contribution in [0.5, 0.6) is 0 Å². The van der Waals surface area contributed by atoms with Crippen LogP contribution in [0.15, 0.2) is 58.3 Å². The number of furan rings is 1. The number of aromatic nitrogens is 3. The van der Waals surface area contributed by atoms with Crippen molar-refractivity contribution in [2.45, 2.75) is 24.8 Å². The van der Waals surface area contributed by atoms with E-state index in [1.165, 1.54) is 0 Å². The summed E-state index contributed by atoms with van der Waals surface area (Å²) in [5.41, 5.74) is 8.21. The highest BCUT2D eigenvalue weighted by Crippen LogP contribution is 2.44. The number of anilines is 2. The van der Waals surface area contributed by atoms with Crippen molar-refractivity contribution in [2.75, 3.05) is 11.1 Å². The van der Waals surface area contributed by atoms with E-state index in [2.05, 4.69) is 15.4 Å². The molecule has 2 aliphatic rings. The summed E-state index contributed by atoms with van der Waals surface area (Å²) in [6.07, 6.45) is 2.66. The molecule has 1 aliphatic carbocycles. The zero-order chi connectivity index (χ0) is 18.5. The van der Waals surface area contributed by atoms with E-state index in [0.717, 1.165) is 17.0 Å². The lowest BCUT2D eigenvalue weighted by atomic mass is 9.79. The summed E-state index contributed by atoms with van der Waals surface area (Å²) in [5, 5.41) is 8.15. The fraction of sp³-hybridized carbons (Fsp3) is 0.211. The SMILES string of the molecule is Nc1nc2n(n1)[C@H](c1cccc(Cl)c1)C1=C(C[C@@H](c3ccco3)CC1=O)N2. The molecular formula is C19H16ClN5O2. The molecule has 0 saturated heterocycles. The summed E-state index contributed by atoms with van der Waals surface area (Å²) in [7, 11) is 0. The molecule has 3 aromatic rings. The molecule has 1 aliphatic heterocycles. The lowest BCUT2D eigenvalue weighted by Gasteiger charge is -2.34. The summed E-state index contributed by atoms with van der Waals surface area (Å²) in [5.74, 6) is 1.52. The zero-order valence-corrected chi connectivity index (χ0v) is 15.0. The van der Waals surface area contributed by atoms with E-state index in [4.69, 9.17) is 21.8 Å². The van der Waals surface area contributed by atoms with Gasteiger partial charge in [-0.15, -0.1) is 5.10 Å². The van der Waals surface area contributed by atoms with Gasteiger partial charge < -0.3 is 15.5 Å². The van der Waals surface area contributed by atoms with Crippen LogP contribution in [0, 0.1) is 0 Å². The van der Waals surface area contributed by atoms with Gasteiger partial charge in [-0.3, -0.25) is 4.79 Å². The van der Waals surface area contributed by atoms with Crippen molar-refractivity contribution in [2.24, 2.45) is 0 Å². The standard InChI is InChI=1S/C19H16ClN5O2/c20-12-4-1-3-10(7-12)17-16-13(22-19-23-18(21)24-25(17)19)8-11(9-14(16)26)15-5-2-6-27-15/h1-7,11,17H,8-9H2,(H3,21,22,23,24)/t11-,17-/m1/s1. The molecule has 2 atom stereocenters. The van der Waals surface area contributed by atoms with Crippen molar-refractivity contribution >= 4 is 29.3 Å². The van der Waals surface area contributed by atoms with Crippen LogP contribution in [0.1, 0.15) is 36.1 Å². The molecule has 0 unspecified atom stereocenters. The highest BCUT2D eigenvalue weighted by Gasteiger charge is 2.40. The molecule has 8 heteroatoms. The lowest BCUT2D eigenvalue weighted by Crippen LogP contribution is -2.33. The number of nitrogens with two attached hydrogens (primary N) is 1. The molecule has 0 spiro atoms. The predicted molar refractivity (Wildman–Crippen MR) is 100 cm³/mol. The first kappa shape index (κ1) is 16.1. The number of nitrogens with one attached hydrogen (secondary N) is 1. The van der Waals surface area contributed by atoms with E-state index < -0.39 is 6.04 Å². The Hall–Kier alpha value is -3.06. The third-order valence-corrected chi connectivity index (χ3v) is 5.28. The largest absolute Gasteiger partial charge is 0.469 e. The third-order valence-electron chi connectivity index (χ3n) is 5.05. The number of benzene rings is 1. The molecule has 0 radical (unpaired) electrons. The number of carbonyl (C=O) groups excluding carboxylic acids is 1. The predicted octanol–water partition coefficient (Wildman–Crippen LogP) is 3.52. The molecule has 2 aromatic heterocycles. The van der Waals surface area contributed by atoms with Crippen molar-refractivity contribution in [1.29, 1.82) is 0 Å². The van der Waals surface area contributed by atoms with Crippen molar-refractivity contribution in [3.05, 3.63) is 70.3 Å². The number of carbonyl (C=O) groups is 1. The van der Waals surface area contributed by atoms with Crippen LogP contribution in [0.25, 0.3) is 0 Å². The van der Waals surface area contributed by atoms with Gasteiger partial charge in [-0.1, -0.05) is 23.7 Å². The number of fused-ring (bicyclic) bond motifs is 1. The van der Waals surface area contributed by atoms with Crippen molar-refractivity contribution in [3.63, 3.8) is 0 Å². The van der Waals surface area contributed by atoms with E-state index in [0.29, 0.717) is 29.4 Å². The van der Waals surface area contributed by atoms with Crippen LogP contribution < -0.4 is 11.1 Å². The molecule has 0 amide bonds. The average Bonchev–Trinajstić information content (AvgIpc) is 3.28. The van der Waals surface area contributed by atoms with Crippen molar-refractivity contribution in [3.8, 4) is 0 Å². The topological polar surface area (TPSA) is 99.0 Å². The van der Waals surface area contributed by atoms with E-state index >= 15 is 0 Å². The molecule has 27 heavy (non-hydrogen) atoms. The Morgan fingerprint density at radius 1 is 1.26 bits per heavy atom. The van der Waals surface area contributed by atoms with Gasteiger partial charge in [0, 0.05) is 28.6 Å². The van der Waals surface area contributed by atoms with Crippen LogP contribution in [-0.2, 0) is 4.79 Å². The Morgan fingerprint density at radius 3 is 2.93 bits per heavy atom. The minimum Gasteiger partial charge on any atom is -0.469 e. The number of halogens is 1. The second kappa shape index (κ2) is 5.99. The first-order valence-corrected chi connectivity index (χ1v) is 9.02. The molecule has 3 heterocycles. The van der Waals surface area contributed by atoms with Gasteiger partial charge in [0.1, 0.15) is 11.8 Å². The minimum atomic E-state index is -0.412. The Balaban J connectivity index is 1.65. The van der Waals surface area contributed by atoms with Gasteiger partial charge in [0.25, 0.3) is 0 Å². The maximum Gasteiger partial charge on any atom is 0.241 e. The molecule has 3 N–H and O–H groups in total. The number of nitrogen functional groups attached to an aromatic ring is 1. The molecule has 0 bridgehead atoms. The Bertz CT molecular complexity index is 1070. The number of nitrogens with zero attached hydrogens (tertiary/aromatic N) is 3. The number of hydrogen-bond acceptors (Lipinski definition) is 6. The van der Waals surface area contributed by atoms with Gasteiger partial charge in [0.2, 0.25) is 11.9 Å². The summed E-state index contributed by atoms with van der Waals surface area (Å²) >= 11 is 6.20. The maximum absolute atomic E-state index is 13.2. The normalized spacial score (nSPS) is 21.6. The van der Waals surface area contributed by atoms with Gasteiger partial charge in [-0.05, 0) is 36.2 Å². The quantitative estimate of drug-likeness (QED) is 0.704. The fourth-order valence-corrected chi connectivity index (χ4v) is 4.14. The first-order valence-electron chi connectivity index (χ1n) is 8.64. The Labute approximate surface area is 159 Å². The highest BCUT2D eigenvalue weighted by atomic mass is 35.5. The van der Waals surface area contributed by atoms with Crippen LogP contribution in [0.3, 0.4) is 0 Å². The molecule has 7 nitrogen and oxygen atoms in total. The summed E-state index contributed by atoms with van der Waals surface area (Å²) in [6.45, 7) is 0. The monoisotopic (exact) mass is 381 g/mol. The van der Waals surface area contributed by atoms with Gasteiger partial charge in [0.05, 0.1) is 6.26 Å². The summed E-state index contributed by atoms with van der Waals surface area (Å²) in [4.78, 5) is 17.4. The fourth-order valence-electron chi connectivity index (χ4n) is 3.94. The van der Waals surface area contributed by atoms with Crippen LogP contribution in [0.4, 0.5) is 11.9 Å². The van der Waals surface area contributed by atoms with Crippen LogP contribution in [-0.4, -0.2) is 20.5 Å². The van der Waals surface area contributed by atoms with E-state index in [9.17, 15) is 4.79 Å². The zero-order valence-electron chi connectivity index (χ0n) is 14.2. The summed E-state index contributed by atoms with van der Waals surface area (Å²) < 4.78 is 7.19. The van der Waals surface area contributed by atoms with E-state index in [1.54, 1.807) is 17.0 Å². The smallest absolute Gasteiger partial charge is 0.241 e. The Kier molecular flexibility index (Phi) is 3.58. The van der Waals surface area contributed by atoms with Gasteiger partial charge in [-0.25, -0.2) is 4.68 Å². The van der Waals surface area contributed by atoms with E-state index in [1.807, 2.05) is 30.3 Å². The van der Waals surface area contributed by atoms with Gasteiger partial charge in [-0.2, -0.15) is 4.98 Å². The second-order valence-corrected chi connectivity index (χ2v) is 7.19. The number of hydrogen-bond donors (Lipinski definition) is 2. The van der Waals surface area contributed by atoms with Crippen molar-refractivity contribution < 1.29 is 9.21 Å². The van der Waals surface area contributed by atoms with Gasteiger partial charge >= 0.3 is 0 Å². The number of Topliss-reactive ketones (excluding diaryl/α,β-unsaturated/α-hetero) is 1. The molecular weight excluding hydrogens is 366 g/mol. The molecule has 1 aromatic carbocycles.